The first-order chi connectivity index (χ1) is 15.4. The summed E-state index contributed by atoms with van der Waals surface area (Å²) in [5.41, 5.74) is 2.57. The fourth-order valence-electron chi connectivity index (χ4n) is 4.56. The molecule has 32 heavy (non-hydrogen) atoms. The average molecular weight is 505 g/mol. The quantitative estimate of drug-likeness (QED) is 0.301. The van der Waals surface area contributed by atoms with Crippen LogP contribution in [0.3, 0.4) is 0 Å². The Labute approximate surface area is 202 Å². The van der Waals surface area contributed by atoms with E-state index in [1.165, 1.54) is 0 Å². The van der Waals surface area contributed by atoms with Crippen LogP contribution in [0.25, 0.3) is 10.2 Å². The van der Waals surface area contributed by atoms with E-state index >= 15 is 0 Å². The number of nitrogens with zero attached hydrogens (tertiary/aromatic N) is 1. The summed E-state index contributed by atoms with van der Waals surface area (Å²) in [5, 5.41) is 13.6. The molecule has 2 N–H and O–H groups in total. The van der Waals surface area contributed by atoms with E-state index in [4.69, 9.17) is 23.2 Å². The molecule has 2 aliphatic carbocycles. The van der Waals surface area contributed by atoms with Crippen molar-refractivity contribution in [2.24, 2.45) is 23.7 Å². The first-order valence-corrected chi connectivity index (χ1v) is 12.6. The fraction of sp³-hybridized carbons (Fsp3) is 0.261. The third kappa shape index (κ3) is 4.15. The van der Waals surface area contributed by atoms with Gasteiger partial charge >= 0.3 is 5.97 Å². The number of aromatic nitrogens is 1. The van der Waals surface area contributed by atoms with Crippen LogP contribution >= 0.6 is 46.3 Å². The van der Waals surface area contributed by atoms with Crippen LogP contribution in [0.15, 0.2) is 52.9 Å². The molecule has 1 heterocycles. The van der Waals surface area contributed by atoms with Gasteiger partial charge in [0.15, 0.2) is 4.34 Å². The second kappa shape index (κ2) is 8.71. The molecule has 0 unspecified atom stereocenters. The Morgan fingerprint density at radius 2 is 1.88 bits per heavy atom. The van der Waals surface area contributed by atoms with Gasteiger partial charge in [-0.25, -0.2) is 4.98 Å². The lowest BCUT2D eigenvalue weighted by atomic mass is 9.82. The molecule has 164 valence electrons. The number of halogens is 2. The molecule has 1 amide bonds. The van der Waals surface area contributed by atoms with Gasteiger partial charge in [-0.1, -0.05) is 53.2 Å². The van der Waals surface area contributed by atoms with Crippen molar-refractivity contribution >= 4 is 74.1 Å². The molecule has 0 saturated heterocycles. The highest BCUT2D eigenvalue weighted by Crippen LogP contribution is 2.48. The molecule has 0 spiro atoms. The van der Waals surface area contributed by atoms with Crippen molar-refractivity contribution in [1.82, 2.24) is 4.98 Å². The van der Waals surface area contributed by atoms with Crippen molar-refractivity contribution in [3.63, 3.8) is 0 Å². The molecule has 1 fully saturated rings. The summed E-state index contributed by atoms with van der Waals surface area (Å²) in [4.78, 5) is 29.3. The second-order valence-electron chi connectivity index (χ2n) is 8.03. The number of aliphatic carboxylic acids is 1. The van der Waals surface area contributed by atoms with Crippen LogP contribution in [-0.2, 0) is 15.3 Å². The van der Waals surface area contributed by atoms with Gasteiger partial charge in [-0.15, -0.1) is 11.3 Å². The number of carboxylic acids is 1. The zero-order valence-corrected chi connectivity index (χ0v) is 19.8. The maximum absolute atomic E-state index is 12.9. The number of carboxylic acid groups (broad SMARTS) is 1. The van der Waals surface area contributed by atoms with Crippen LogP contribution in [0.5, 0.6) is 0 Å². The molecule has 1 aromatic heterocycles. The largest absolute Gasteiger partial charge is 0.481 e. The first-order valence-electron chi connectivity index (χ1n) is 10.1. The van der Waals surface area contributed by atoms with Crippen molar-refractivity contribution in [2.75, 3.05) is 5.32 Å². The number of nitrogens with one attached hydrogen (secondary N) is 1. The Kier molecular flexibility index (Phi) is 5.92. The van der Waals surface area contributed by atoms with E-state index in [1.807, 2.05) is 42.5 Å². The Hall–Kier alpha value is -2.06. The molecule has 2 bridgehead atoms. The van der Waals surface area contributed by atoms with Crippen LogP contribution in [0.2, 0.25) is 10.0 Å². The number of hydrogen-bond donors (Lipinski definition) is 2. The minimum atomic E-state index is -0.899. The normalized spacial score (nSPS) is 23.7. The highest BCUT2D eigenvalue weighted by molar-refractivity contribution is 8.00. The van der Waals surface area contributed by atoms with Crippen molar-refractivity contribution in [2.45, 2.75) is 16.5 Å². The Morgan fingerprint density at radius 3 is 2.62 bits per heavy atom. The van der Waals surface area contributed by atoms with Gasteiger partial charge in [-0.3, -0.25) is 9.59 Å². The van der Waals surface area contributed by atoms with Gasteiger partial charge in [0, 0.05) is 11.4 Å². The SMILES string of the molecule is O=C(Nc1ccc2nc(SCc3ccc(Cl)c(Cl)c3)sc2c1)[C@@H]1[C@H](C(=O)O)[C@H]2C=C[C@H]1C2. The minimum absolute atomic E-state index is 0.00221. The van der Waals surface area contributed by atoms with E-state index in [1.54, 1.807) is 29.2 Å². The van der Waals surface area contributed by atoms with Crippen LogP contribution in [0, 0.1) is 23.7 Å². The lowest BCUT2D eigenvalue weighted by Gasteiger charge is -2.23. The molecule has 0 radical (unpaired) electrons. The van der Waals surface area contributed by atoms with E-state index in [0.29, 0.717) is 21.5 Å². The molecule has 5 rings (SSSR count). The van der Waals surface area contributed by atoms with E-state index in [0.717, 1.165) is 26.5 Å². The van der Waals surface area contributed by atoms with E-state index in [-0.39, 0.29) is 17.7 Å². The maximum atomic E-state index is 12.9. The fourth-order valence-corrected chi connectivity index (χ4v) is 6.93. The maximum Gasteiger partial charge on any atom is 0.307 e. The summed E-state index contributed by atoms with van der Waals surface area (Å²) in [5.74, 6) is -1.64. The molecule has 2 aromatic carbocycles. The van der Waals surface area contributed by atoms with E-state index < -0.39 is 17.8 Å². The lowest BCUT2D eigenvalue weighted by molar-refractivity contribution is -0.146. The van der Waals surface area contributed by atoms with E-state index in [2.05, 4.69) is 10.3 Å². The number of benzene rings is 2. The van der Waals surface area contributed by atoms with Crippen molar-refractivity contribution < 1.29 is 14.7 Å². The highest BCUT2D eigenvalue weighted by Gasteiger charge is 2.51. The number of fused-ring (bicyclic) bond motifs is 3. The minimum Gasteiger partial charge on any atom is -0.481 e. The van der Waals surface area contributed by atoms with Crippen molar-refractivity contribution in [1.29, 1.82) is 0 Å². The molecule has 3 aromatic rings. The molecular weight excluding hydrogens is 487 g/mol. The third-order valence-electron chi connectivity index (χ3n) is 6.03. The lowest BCUT2D eigenvalue weighted by Crippen LogP contribution is -2.36. The summed E-state index contributed by atoms with van der Waals surface area (Å²) >= 11 is 15.2. The number of carbonyl (C=O) groups excluding carboxylic acids is 1. The number of rotatable bonds is 6. The zero-order chi connectivity index (χ0) is 22.4. The molecule has 5 nitrogen and oxygen atoms in total. The third-order valence-corrected chi connectivity index (χ3v) is 9.00. The van der Waals surface area contributed by atoms with Crippen molar-refractivity contribution in [3.05, 3.63) is 64.2 Å². The highest BCUT2D eigenvalue weighted by atomic mass is 35.5. The predicted molar refractivity (Wildman–Crippen MR) is 130 cm³/mol. The Balaban J connectivity index is 1.28. The molecular formula is C23H18Cl2N2O3S2. The number of anilines is 1. The van der Waals surface area contributed by atoms with Gasteiger partial charge in [0.2, 0.25) is 5.91 Å². The number of allylic oxidation sites excluding steroid dienone is 2. The molecule has 2 aliphatic rings. The summed E-state index contributed by atoms with van der Waals surface area (Å²) in [6.45, 7) is 0. The van der Waals surface area contributed by atoms with Gasteiger partial charge in [-0.05, 0) is 54.2 Å². The number of carbonyl (C=O) groups is 2. The van der Waals surface area contributed by atoms with Crippen LogP contribution in [0.1, 0.15) is 12.0 Å². The standard InChI is InChI=1S/C23H18Cl2N2O3S2/c24-15-5-1-11(7-16(15)25)10-31-23-27-17-6-4-14(9-18(17)32-23)26-21(28)19-12-2-3-13(8-12)20(19)22(29)30/h1-7,9,12-13,19-20H,8,10H2,(H,26,28)(H,29,30)/t12-,13-,19-,20+/m0/s1. The van der Waals surface area contributed by atoms with Gasteiger partial charge in [-0.2, -0.15) is 0 Å². The average Bonchev–Trinajstić information content (AvgIpc) is 3.48. The number of thiazole rings is 1. The Bertz CT molecular complexity index is 1260. The second-order valence-corrected chi connectivity index (χ2v) is 11.1. The number of thioether (sulfide) groups is 1. The van der Waals surface area contributed by atoms with Crippen LogP contribution in [0.4, 0.5) is 5.69 Å². The molecule has 1 saturated carbocycles. The monoisotopic (exact) mass is 504 g/mol. The number of amides is 1. The molecule has 4 atom stereocenters. The van der Waals surface area contributed by atoms with E-state index in [9.17, 15) is 14.7 Å². The van der Waals surface area contributed by atoms with Crippen LogP contribution < -0.4 is 5.32 Å². The first kappa shape index (κ1) is 21.8. The molecule has 0 aliphatic heterocycles. The van der Waals surface area contributed by atoms with Gasteiger partial charge in [0.25, 0.3) is 0 Å². The summed E-state index contributed by atoms with van der Waals surface area (Å²) in [6, 6.07) is 11.2. The zero-order valence-electron chi connectivity index (χ0n) is 16.6. The smallest absolute Gasteiger partial charge is 0.307 e. The summed E-state index contributed by atoms with van der Waals surface area (Å²) < 4.78 is 1.88. The summed E-state index contributed by atoms with van der Waals surface area (Å²) in [7, 11) is 0. The summed E-state index contributed by atoms with van der Waals surface area (Å²) in [6.07, 6.45) is 4.66. The van der Waals surface area contributed by atoms with Crippen LogP contribution in [-0.4, -0.2) is 22.0 Å². The van der Waals surface area contributed by atoms with Gasteiger partial charge in [0.1, 0.15) is 0 Å². The van der Waals surface area contributed by atoms with Gasteiger partial charge < -0.3 is 10.4 Å². The predicted octanol–water partition coefficient (Wildman–Crippen LogP) is 6.36. The van der Waals surface area contributed by atoms with Gasteiger partial charge in [0.05, 0.1) is 32.1 Å². The number of hydrogen-bond acceptors (Lipinski definition) is 5. The topological polar surface area (TPSA) is 79.3 Å². The molecule has 9 heteroatoms. The Morgan fingerprint density at radius 1 is 1.09 bits per heavy atom. The van der Waals surface area contributed by atoms with Crippen molar-refractivity contribution in [3.8, 4) is 0 Å².